The molecule has 0 bridgehead atoms. The summed E-state index contributed by atoms with van der Waals surface area (Å²) in [7, 11) is 1.48. The number of nitrogens with one attached hydrogen (secondary N) is 1. The molecule has 1 aromatic carbocycles. The normalized spacial score (nSPS) is 15.7. The summed E-state index contributed by atoms with van der Waals surface area (Å²) in [5.74, 6) is 0.642. The van der Waals surface area contributed by atoms with Gasteiger partial charge in [-0.05, 0) is 18.4 Å². The topological polar surface area (TPSA) is 72.3 Å². The van der Waals surface area contributed by atoms with Crippen molar-refractivity contribution in [3.8, 4) is 0 Å². The lowest BCUT2D eigenvalue weighted by Crippen LogP contribution is -2.34. The highest BCUT2D eigenvalue weighted by molar-refractivity contribution is 5.77. The number of amides is 1. The van der Waals surface area contributed by atoms with Crippen LogP contribution in [0.4, 0.5) is 8.78 Å². The SMILES string of the molecule is COCC(=O)NC(CC(C)C)c1nnc2n1CCN(Cc1ccc(F)cc1F)CC2. The van der Waals surface area contributed by atoms with Crippen molar-refractivity contribution in [1.29, 1.82) is 0 Å². The van der Waals surface area contributed by atoms with Gasteiger partial charge in [-0.1, -0.05) is 19.9 Å². The van der Waals surface area contributed by atoms with Crippen LogP contribution in [0.2, 0.25) is 0 Å². The molecule has 1 amide bonds. The van der Waals surface area contributed by atoms with Crippen LogP contribution in [0.1, 0.15) is 43.5 Å². The molecule has 2 heterocycles. The van der Waals surface area contributed by atoms with Gasteiger partial charge in [0.2, 0.25) is 5.91 Å². The highest BCUT2D eigenvalue weighted by Crippen LogP contribution is 2.23. The Hall–Kier alpha value is -2.39. The molecule has 1 aliphatic heterocycles. The molecule has 3 rings (SSSR count). The van der Waals surface area contributed by atoms with E-state index in [1.165, 1.54) is 19.2 Å². The molecule has 1 atom stereocenters. The minimum atomic E-state index is -0.574. The Balaban J connectivity index is 1.73. The minimum absolute atomic E-state index is 0.00734. The predicted octanol–water partition coefficient (Wildman–Crippen LogP) is 2.46. The Morgan fingerprint density at radius 3 is 2.73 bits per heavy atom. The van der Waals surface area contributed by atoms with Crippen LogP contribution in [0, 0.1) is 17.6 Å². The summed E-state index contributed by atoms with van der Waals surface area (Å²) in [5, 5.41) is 11.7. The van der Waals surface area contributed by atoms with Gasteiger partial charge in [-0.15, -0.1) is 10.2 Å². The monoisotopic (exact) mass is 421 g/mol. The van der Waals surface area contributed by atoms with Crippen molar-refractivity contribution in [3.63, 3.8) is 0 Å². The third-order valence-corrected chi connectivity index (χ3v) is 5.19. The Morgan fingerprint density at radius 1 is 1.23 bits per heavy atom. The van der Waals surface area contributed by atoms with Crippen LogP contribution >= 0.6 is 0 Å². The molecule has 0 fully saturated rings. The van der Waals surface area contributed by atoms with Crippen molar-refractivity contribution in [1.82, 2.24) is 25.0 Å². The molecular formula is C21H29F2N5O2. The number of rotatable bonds is 8. The summed E-state index contributed by atoms with van der Waals surface area (Å²) in [4.78, 5) is 14.2. The molecule has 30 heavy (non-hydrogen) atoms. The maximum absolute atomic E-state index is 14.0. The number of nitrogens with zero attached hydrogens (tertiary/aromatic N) is 4. The summed E-state index contributed by atoms with van der Waals surface area (Å²) in [6, 6.07) is 3.43. The molecule has 1 aromatic heterocycles. The first-order valence-electron chi connectivity index (χ1n) is 10.2. The van der Waals surface area contributed by atoms with Gasteiger partial charge in [-0.2, -0.15) is 0 Å². The Morgan fingerprint density at radius 2 is 2.03 bits per heavy atom. The first kappa shape index (κ1) is 22.3. The van der Waals surface area contributed by atoms with Crippen LogP contribution < -0.4 is 5.32 Å². The van der Waals surface area contributed by atoms with E-state index >= 15 is 0 Å². The molecule has 1 N–H and O–H groups in total. The van der Waals surface area contributed by atoms with Gasteiger partial charge in [-0.25, -0.2) is 8.78 Å². The molecule has 0 saturated carbocycles. The fourth-order valence-corrected chi connectivity index (χ4v) is 3.76. The van der Waals surface area contributed by atoms with Gasteiger partial charge in [0.05, 0.1) is 6.04 Å². The standard InChI is InChI=1S/C21H29F2N5O2/c1-14(2)10-18(24-20(29)13-30-3)21-26-25-19-6-7-27(8-9-28(19)21)12-15-4-5-16(22)11-17(15)23/h4-5,11,14,18H,6-10,12-13H2,1-3H3,(H,24,29). The quantitative estimate of drug-likeness (QED) is 0.709. The average Bonchev–Trinajstić information content (AvgIpc) is 2.97. The van der Waals surface area contributed by atoms with Gasteiger partial charge in [0, 0.05) is 51.3 Å². The van der Waals surface area contributed by atoms with Crippen LogP contribution in [0.3, 0.4) is 0 Å². The molecule has 1 unspecified atom stereocenters. The van der Waals surface area contributed by atoms with Crippen molar-refractivity contribution in [2.24, 2.45) is 5.92 Å². The largest absolute Gasteiger partial charge is 0.375 e. The summed E-state index contributed by atoms with van der Waals surface area (Å²) >= 11 is 0. The molecule has 0 spiro atoms. The van der Waals surface area contributed by atoms with Crippen LogP contribution in [0.15, 0.2) is 18.2 Å². The number of aromatic nitrogens is 3. The maximum atomic E-state index is 14.0. The highest BCUT2D eigenvalue weighted by Gasteiger charge is 2.26. The number of fused-ring (bicyclic) bond motifs is 1. The number of ether oxygens (including phenoxy) is 1. The third kappa shape index (κ3) is 5.60. The van der Waals surface area contributed by atoms with Gasteiger partial charge in [0.1, 0.15) is 24.1 Å². The van der Waals surface area contributed by atoms with Crippen LogP contribution in [0.5, 0.6) is 0 Å². The number of halogens is 2. The van der Waals surface area contributed by atoms with E-state index in [1.54, 1.807) is 0 Å². The molecular weight excluding hydrogens is 392 g/mol. The lowest BCUT2D eigenvalue weighted by atomic mass is 10.0. The number of hydrogen-bond donors (Lipinski definition) is 1. The summed E-state index contributed by atoms with van der Waals surface area (Å²) in [5.41, 5.74) is 0.471. The smallest absolute Gasteiger partial charge is 0.246 e. The van der Waals surface area contributed by atoms with E-state index in [4.69, 9.17) is 4.74 Å². The van der Waals surface area contributed by atoms with E-state index in [1.807, 2.05) is 0 Å². The van der Waals surface area contributed by atoms with Gasteiger partial charge >= 0.3 is 0 Å². The molecule has 164 valence electrons. The lowest BCUT2D eigenvalue weighted by Gasteiger charge is -2.22. The maximum Gasteiger partial charge on any atom is 0.246 e. The zero-order valence-electron chi connectivity index (χ0n) is 17.7. The number of hydrogen-bond acceptors (Lipinski definition) is 5. The van der Waals surface area contributed by atoms with E-state index in [0.717, 1.165) is 24.1 Å². The second kappa shape index (κ2) is 10.1. The predicted molar refractivity (Wildman–Crippen MR) is 108 cm³/mol. The van der Waals surface area contributed by atoms with Gasteiger partial charge in [0.25, 0.3) is 0 Å². The first-order chi connectivity index (χ1) is 14.4. The Bertz CT molecular complexity index is 871. The molecule has 7 nitrogen and oxygen atoms in total. The number of carbonyl (C=O) groups excluding carboxylic acids is 1. The van der Waals surface area contributed by atoms with Crippen molar-refractivity contribution in [2.75, 3.05) is 26.8 Å². The molecule has 2 aromatic rings. The van der Waals surface area contributed by atoms with Crippen molar-refractivity contribution >= 4 is 5.91 Å². The second-order valence-corrected chi connectivity index (χ2v) is 8.07. The zero-order chi connectivity index (χ0) is 21.7. The number of carbonyl (C=O) groups is 1. The third-order valence-electron chi connectivity index (χ3n) is 5.19. The van der Waals surface area contributed by atoms with Crippen molar-refractivity contribution < 1.29 is 18.3 Å². The van der Waals surface area contributed by atoms with Gasteiger partial charge < -0.3 is 14.6 Å². The fourth-order valence-electron chi connectivity index (χ4n) is 3.76. The Kier molecular flexibility index (Phi) is 7.49. The van der Waals surface area contributed by atoms with Crippen LogP contribution in [-0.4, -0.2) is 52.4 Å². The molecule has 1 aliphatic rings. The summed E-state index contributed by atoms with van der Waals surface area (Å²) in [6.07, 6.45) is 1.40. The average molecular weight is 421 g/mol. The van der Waals surface area contributed by atoms with Gasteiger partial charge in [0.15, 0.2) is 5.82 Å². The highest BCUT2D eigenvalue weighted by atomic mass is 19.1. The summed E-state index contributed by atoms with van der Waals surface area (Å²) < 4.78 is 34.2. The van der Waals surface area contributed by atoms with E-state index in [-0.39, 0.29) is 18.6 Å². The number of methoxy groups -OCH3 is 1. The fraction of sp³-hybridized carbons (Fsp3) is 0.571. The van der Waals surface area contributed by atoms with Crippen LogP contribution in [-0.2, 0) is 29.0 Å². The second-order valence-electron chi connectivity index (χ2n) is 8.07. The first-order valence-corrected chi connectivity index (χ1v) is 10.2. The van der Waals surface area contributed by atoms with Gasteiger partial charge in [-0.3, -0.25) is 9.69 Å². The van der Waals surface area contributed by atoms with Crippen molar-refractivity contribution in [2.45, 2.75) is 45.8 Å². The van der Waals surface area contributed by atoms with E-state index in [0.29, 0.717) is 44.1 Å². The van der Waals surface area contributed by atoms with E-state index in [9.17, 15) is 13.6 Å². The molecule has 0 saturated heterocycles. The van der Waals surface area contributed by atoms with E-state index in [2.05, 4.69) is 38.8 Å². The summed E-state index contributed by atoms with van der Waals surface area (Å²) in [6.45, 7) is 6.58. The number of benzene rings is 1. The van der Waals surface area contributed by atoms with E-state index < -0.39 is 11.6 Å². The Labute approximate surface area is 175 Å². The minimum Gasteiger partial charge on any atom is -0.375 e. The lowest BCUT2D eigenvalue weighted by molar-refractivity contribution is -0.125. The zero-order valence-corrected chi connectivity index (χ0v) is 17.7. The van der Waals surface area contributed by atoms with Crippen molar-refractivity contribution in [3.05, 3.63) is 47.0 Å². The molecule has 9 heteroatoms. The molecule has 0 radical (unpaired) electrons. The molecule has 0 aliphatic carbocycles. The van der Waals surface area contributed by atoms with Crippen LogP contribution in [0.25, 0.3) is 0 Å².